The van der Waals surface area contributed by atoms with Crippen LogP contribution in [0.1, 0.15) is 43.5 Å². The third-order valence-electron chi connectivity index (χ3n) is 4.34. The summed E-state index contributed by atoms with van der Waals surface area (Å²) in [5.41, 5.74) is 0.696. The van der Waals surface area contributed by atoms with Gasteiger partial charge in [0, 0.05) is 38.8 Å². The van der Waals surface area contributed by atoms with Crippen LogP contribution in [-0.4, -0.2) is 41.6 Å². The second kappa shape index (κ2) is 7.60. The van der Waals surface area contributed by atoms with Crippen molar-refractivity contribution in [3.05, 3.63) is 40.6 Å². The number of ether oxygens (including phenoxy) is 2. The molecule has 0 saturated carbocycles. The number of hydrogen-bond donors (Lipinski definition) is 1. The Balaban J connectivity index is 1.71. The van der Waals surface area contributed by atoms with E-state index in [1.165, 1.54) is 20.0 Å². The van der Waals surface area contributed by atoms with Gasteiger partial charge in [0.25, 0.3) is 11.7 Å². The molecule has 1 amide bonds. The van der Waals surface area contributed by atoms with Crippen molar-refractivity contribution in [1.29, 1.82) is 0 Å². The molecule has 0 aliphatic carbocycles. The molecule has 7 nitrogen and oxygen atoms in total. The monoisotopic (exact) mass is 392 g/mol. The molecule has 0 bridgehead atoms. The number of hydrogen-bond acceptors (Lipinski definition) is 6. The molecule has 2 fully saturated rings. The van der Waals surface area contributed by atoms with Crippen LogP contribution in [0.15, 0.2) is 30.0 Å². The first-order chi connectivity index (χ1) is 12.8. The van der Waals surface area contributed by atoms with E-state index in [1.54, 1.807) is 23.1 Å². The number of nitrogens with zero attached hydrogens (tertiary/aromatic N) is 1. The van der Waals surface area contributed by atoms with Crippen molar-refractivity contribution in [2.75, 3.05) is 18.4 Å². The van der Waals surface area contributed by atoms with Crippen LogP contribution >= 0.6 is 11.6 Å². The average Bonchev–Trinajstić information content (AvgIpc) is 2.60. The first-order valence-electron chi connectivity index (χ1n) is 8.79. The molecule has 2 saturated heterocycles. The molecule has 27 heavy (non-hydrogen) atoms. The lowest BCUT2D eigenvalue weighted by molar-refractivity contribution is -0.222. The van der Waals surface area contributed by atoms with Crippen LogP contribution in [0, 0.1) is 0 Å². The Bertz CT molecular complexity index is 790. The number of esters is 2. The summed E-state index contributed by atoms with van der Waals surface area (Å²) in [5, 5.41) is 3.11. The number of piperidine rings is 1. The van der Waals surface area contributed by atoms with Gasteiger partial charge in [-0.25, -0.2) is 9.59 Å². The summed E-state index contributed by atoms with van der Waals surface area (Å²) in [6, 6.07) is 4.85. The van der Waals surface area contributed by atoms with Crippen LogP contribution < -0.4 is 5.32 Å². The van der Waals surface area contributed by atoms with Gasteiger partial charge in [-0.05, 0) is 37.5 Å². The summed E-state index contributed by atoms with van der Waals surface area (Å²) in [7, 11) is 0. The molecule has 0 radical (unpaired) electrons. The fourth-order valence-electron chi connectivity index (χ4n) is 2.98. The number of carbonyl (C=O) groups excluding carboxylic acids is 3. The van der Waals surface area contributed by atoms with Crippen molar-refractivity contribution >= 4 is 35.1 Å². The molecular formula is C19H21ClN2O5. The van der Waals surface area contributed by atoms with Gasteiger partial charge in [0.15, 0.2) is 5.57 Å². The molecule has 1 aromatic carbocycles. The number of nitrogens with one attached hydrogen (secondary N) is 1. The summed E-state index contributed by atoms with van der Waals surface area (Å²) in [6.45, 7) is 4.43. The van der Waals surface area contributed by atoms with Gasteiger partial charge in [0.1, 0.15) is 0 Å². The lowest BCUT2D eigenvalue weighted by Gasteiger charge is -2.29. The lowest BCUT2D eigenvalue weighted by Crippen LogP contribution is -2.42. The molecule has 144 valence electrons. The van der Waals surface area contributed by atoms with E-state index >= 15 is 0 Å². The van der Waals surface area contributed by atoms with E-state index in [1.807, 2.05) is 0 Å². The number of anilines is 1. The maximum absolute atomic E-state index is 12.6. The van der Waals surface area contributed by atoms with Crippen LogP contribution in [0.5, 0.6) is 0 Å². The zero-order chi connectivity index (χ0) is 19.6. The first kappa shape index (κ1) is 19.2. The Morgan fingerprint density at radius 3 is 2.37 bits per heavy atom. The number of cyclic esters (lactones) is 2. The molecule has 2 aliphatic rings. The molecular weight excluding hydrogens is 372 g/mol. The third-order valence-corrected chi connectivity index (χ3v) is 4.66. The van der Waals surface area contributed by atoms with Crippen molar-refractivity contribution in [3.8, 4) is 0 Å². The number of amides is 1. The smallest absolute Gasteiger partial charge is 0.350 e. The van der Waals surface area contributed by atoms with Crippen LogP contribution in [0.2, 0.25) is 5.02 Å². The number of benzene rings is 1. The van der Waals surface area contributed by atoms with Crippen LogP contribution in [0.25, 0.3) is 0 Å². The molecule has 3 rings (SSSR count). The summed E-state index contributed by atoms with van der Waals surface area (Å²) >= 11 is 6.27. The van der Waals surface area contributed by atoms with Crippen LogP contribution in [0.4, 0.5) is 5.69 Å². The maximum Gasteiger partial charge on any atom is 0.350 e. The minimum Gasteiger partial charge on any atom is -0.419 e. The van der Waals surface area contributed by atoms with Gasteiger partial charge < -0.3 is 19.7 Å². The summed E-state index contributed by atoms with van der Waals surface area (Å²) in [5.74, 6) is -2.92. The highest BCUT2D eigenvalue weighted by molar-refractivity contribution is 6.34. The maximum atomic E-state index is 12.6. The van der Waals surface area contributed by atoms with Crippen molar-refractivity contribution < 1.29 is 23.9 Å². The summed E-state index contributed by atoms with van der Waals surface area (Å²) in [4.78, 5) is 38.2. The predicted octanol–water partition coefficient (Wildman–Crippen LogP) is 3.10. The molecule has 2 heterocycles. The zero-order valence-electron chi connectivity index (χ0n) is 15.2. The van der Waals surface area contributed by atoms with Gasteiger partial charge in [-0.2, -0.15) is 0 Å². The summed E-state index contributed by atoms with van der Waals surface area (Å²) < 4.78 is 10.0. The zero-order valence-corrected chi connectivity index (χ0v) is 16.0. The minimum absolute atomic E-state index is 0.0914. The molecule has 0 atom stereocenters. The fraction of sp³-hybridized carbons (Fsp3) is 0.421. The Morgan fingerprint density at radius 2 is 1.78 bits per heavy atom. The van der Waals surface area contributed by atoms with Crippen molar-refractivity contribution in [2.24, 2.45) is 0 Å². The predicted molar refractivity (Wildman–Crippen MR) is 99.2 cm³/mol. The Morgan fingerprint density at radius 1 is 1.15 bits per heavy atom. The molecule has 0 spiro atoms. The van der Waals surface area contributed by atoms with Gasteiger partial charge in [-0.15, -0.1) is 0 Å². The van der Waals surface area contributed by atoms with Gasteiger partial charge in [-0.3, -0.25) is 4.79 Å². The molecule has 1 N–H and O–H groups in total. The van der Waals surface area contributed by atoms with E-state index in [0.29, 0.717) is 16.3 Å². The number of halogens is 1. The highest BCUT2D eigenvalue weighted by atomic mass is 35.5. The van der Waals surface area contributed by atoms with Crippen LogP contribution in [0.3, 0.4) is 0 Å². The SMILES string of the molecule is CC1(C)OC(=O)C(=CNc2ccc(C(=O)N3CCCCC3)c(Cl)c2)C(=O)O1. The van der Waals surface area contributed by atoms with Crippen molar-refractivity contribution in [2.45, 2.75) is 38.9 Å². The second-order valence-corrected chi connectivity index (χ2v) is 7.34. The fourth-order valence-corrected chi connectivity index (χ4v) is 3.24. The van der Waals surface area contributed by atoms with Crippen molar-refractivity contribution in [1.82, 2.24) is 4.90 Å². The topological polar surface area (TPSA) is 84.9 Å². The minimum atomic E-state index is -1.29. The largest absolute Gasteiger partial charge is 0.419 e. The van der Waals surface area contributed by atoms with E-state index < -0.39 is 17.7 Å². The number of carbonyl (C=O) groups is 3. The van der Waals surface area contributed by atoms with E-state index in [4.69, 9.17) is 21.1 Å². The second-order valence-electron chi connectivity index (χ2n) is 6.93. The van der Waals surface area contributed by atoms with E-state index in [-0.39, 0.29) is 11.5 Å². The van der Waals surface area contributed by atoms with Gasteiger partial charge in [0.2, 0.25) is 0 Å². The van der Waals surface area contributed by atoms with Gasteiger partial charge in [-0.1, -0.05) is 11.6 Å². The number of likely N-dealkylation sites (tertiary alicyclic amines) is 1. The van der Waals surface area contributed by atoms with Gasteiger partial charge in [0.05, 0.1) is 10.6 Å². The Hall–Kier alpha value is -2.54. The normalized spacial score (nSPS) is 19.2. The molecule has 0 unspecified atom stereocenters. The van der Waals surface area contributed by atoms with Crippen LogP contribution in [-0.2, 0) is 19.1 Å². The standard InChI is InChI=1S/C19H21ClN2O5/c1-19(2)26-17(24)14(18(25)27-19)11-21-12-6-7-13(15(20)10-12)16(23)22-8-4-3-5-9-22/h6-7,10-11,21H,3-5,8-9H2,1-2H3. The summed E-state index contributed by atoms with van der Waals surface area (Å²) in [6.07, 6.45) is 4.34. The lowest BCUT2D eigenvalue weighted by atomic mass is 10.1. The molecule has 8 heteroatoms. The molecule has 1 aromatic rings. The van der Waals surface area contributed by atoms with E-state index in [9.17, 15) is 14.4 Å². The molecule has 0 aromatic heterocycles. The average molecular weight is 393 g/mol. The quantitative estimate of drug-likeness (QED) is 0.483. The Labute approximate surface area is 162 Å². The number of rotatable bonds is 3. The van der Waals surface area contributed by atoms with Gasteiger partial charge >= 0.3 is 11.9 Å². The highest BCUT2D eigenvalue weighted by Crippen LogP contribution is 2.25. The van der Waals surface area contributed by atoms with E-state index in [0.717, 1.165) is 32.4 Å². The van der Waals surface area contributed by atoms with Crippen molar-refractivity contribution in [3.63, 3.8) is 0 Å². The molecule has 2 aliphatic heterocycles. The van der Waals surface area contributed by atoms with E-state index in [2.05, 4.69) is 5.32 Å². The first-order valence-corrected chi connectivity index (χ1v) is 9.17. The Kier molecular flexibility index (Phi) is 5.41. The third kappa shape index (κ3) is 4.42. The highest BCUT2D eigenvalue weighted by Gasteiger charge is 2.38.